The summed E-state index contributed by atoms with van der Waals surface area (Å²) in [4.78, 5) is 16.3. The molecule has 0 saturated carbocycles. The van der Waals surface area contributed by atoms with Crippen LogP contribution in [-0.2, 0) is 14.6 Å². The molecule has 1 rings (SSSR count). The highest BCUT2D eigenvalue weighted by Gasteiger charge is 2.14. The van der Waals surface area contributed by atoms with Gasteiger partial charge in [-0.1, -0.05) is 6.92 Å². The van der Waals surface area contributed by atoms with Crippen LogP contribution in [0.2, 0.25) is 0 Å². The molecule has 1 aromatic carbocycles. The number of nitrogens with one attached hydrogen (secondary N) is 3. The molecule has 8 nitrogen and oxygen atoms in total. The summed E-state index contributed by atoms with van der Waals surface area (Å²) < 4.78 is 29.0. The molecule has 30 heavy (non-hydrogen) atoms. The molecule has 0 radical (unpaired) electrons. The van der Waals surface area contributed by atoms with Crippen molar-refractivity contribution in [3.63, 3.8) is 0 Å². The quantitative estimate of drug-likeness (QED) is 0.246. The number of benzene rings is 1. The van der Waals surface area contributed by atoms with Crippen molar-refractivity contribution in [1.29, 1.82) is 0 Å². The molecular weight excluding hydrogens is 519 g/mol. The van der Waals surface area contributed by atoms with Gasteiger partial charge in [0.1, 0.15) is 12.3 Å². The maximum absolute atomic E-state index is 12.1. The molecule has 0 aliphatic heterocycles. The Bertz CT molecular complexity index is 788. The van der Waals surface area contributed by atoms with Crippen LogP contribution in [0.25, 0.3) is 0 Å². The molecule has 172 valence electrons. The molecule has 0 aliphatic carbocycles. The zero-order valence-corrected chi connectivity index (χ0v) is 21.8. The van der Waals surface area contributed by atoms with Crippen LogP contribution < -0.4 is 20.7 Å². The molecule has 0 unspecified atom stereocenters. The van der Waals surface area contributed by atoms with Crippen LogP contribution >= 0.6 is 24.0 Å². The van der Waals surface area contributed by atoms with Gasteiger partial charge < -0.3 is 20.7 Å². The van der Waals surface area contributed by atoms with E-state index in [9.17, 15) is 13.2 Å². The second-order valence-electron chi connectivity index (χ2n) is 7.94. The lowest BCUT2D eigenvalue weighted by Gasteiger charge is -2.20. The van der Waals surface area contributed by atoms with Crippen LogP contribution in [-0.4, -0.2) is 56.5 Å². The van der Waals surface area contributed by atoms with Gasteiger partial charge in [-0.15, -0.1) is 24.0 Å². The summed E-state index contributed by atoms with van der Waals surface area (Å²) in [6.45, 7) is 11.3. The highest BCUT2D eigenvalue weighted by atomic mass is 127. The van der Waals surface area contributed by atoms with E-state index in [0.29, 0.717) is 5.96 Å². The Balaban J connectivity index is 0.00000841. The van der Waals surface area contributed by atoms with Crippen molar-refractivity contribution < 1.29 is 17.9 Å². The average molecular weight is 554 g/mol. The Morgan fingerprint density at radius 2 is 1.77 bits per heavy atom. The minimum absolute atomic E-state index is 0. The van der Waals surface area contributed by atoms with Crippen molar-refractivity contribution in [2.75, 3.05) is 29.9 Å². The normalized spacial score (nSPS) is 12.2. The van der Waals surface area contributed by atoms with Gasteiger partial charge >= 0.3 is 0 Å². The molecule has 0 spiro atoms. The Kier molecular flexibility index (Phi) is 12.3. The van der Waals surface area contributed by atoms with E-state index in [-0.39, 0.29) is 66.1 Å². The van der Waals surface area contributed by atoms with Gasteiger partial charge in [-0.25, -0.2) is 13.4 Å². The number of amides is 1. The lowest BCUT2D eigenvalue weighted by Crippen LogP contribution is -2.42. The fourth-order valence-electron chi connectivity index (χ4n) is 2.24. The van der Waals surface area contributed by atoms with E-state index < -0.39 is 9.84 Å². The first-order chi connectivity index (χ1) is 13.4. The molecule has 0 fully saturated rings. The summed E-state index contributed by atoms with van der Waals surface area (Å²) in [6, 6.07) is 7.31. The second-order valence-corrected chi connectivity index (χ2v) is 10.4. The number of aliphatic imine (C=N–C) groups is 1. The smallest absolute Gasteiger partial charge is 0.242 e. The number of anilines is 1. The molecule has 1 amide bonds. The van der Waals surface area contributed by atoms with Crippen LogP contribution in [0.1, 0.15) is 41.5 Å². The highest BCUT2D eigenvalue weighted by Crippen LogP contribution is 2.16. The first-order valence-electron chi connectivity index (χ1n) is 9.73. The number of sulfone groups is 1. The summed E-state index contributed by atoms with van der Waals surface area (Å²) in [7, 11) is -3.10. The van der Waals surface area contributed by atoms with Crippen LogP contribution in [0.4, 0.5) is 5.69 Å². The molecule has 0 saturated heterocycles. The second kappa shape index (κ2) is 13.0. The average Bonchev–Trinajstić information content (AvgIpc) is 2.59. The largest absolute Gasteiger partial charge is 0.491 e. The number of rotatable bonds is 9. The minimum atomic E-state index is -3.10. The highest BCUT2D eigenvalue weighted by molar-refractivity contribution is 14.0. The minimum Gasteiger partial charge on any atom is -0.491 e. The molecular formula is C20H35IN4O4S. The molecule has 0 aliphatic rings. The van der Waals surface area contributed by atoms with Gasteiger partial charge in [-0.2, -0.15) is 0 Å². The first kappa shape index (κ1) is 28.4. The van der Waals surface area contributed by atoms with Gasteiger partial charge in [0.15, 0.2) is 15.8 Å². The fourth-order valence-corrected chi connectivity index (χ4v) is 2.95. The van der Waals surface area contributed by atoms with E-state index in [1.165, 1.54) is 0 Å². The van der Waals surface area contributed by atoms with Gasteiger partial charge in [0.2, 0.25) is 5.91 Å². The van der Waals surface area contributed by atoms with E-state index in [1.54, 1.807) is 6.92 Å². The molecule has 10 heteroatoms. The van der Waals surface area contributed by atoms with E-state index in [2.05, 4.69) is 20.9 Å². The topological polar surface area (TPSA) is 109 Å². The van der Waals surface area contributed by atoms with E-state index >= 15 is 0 Å². The molecule has 0 bridgehead atoms. The Hall–Kier alpha value is -1.56. The fraction of sp³-hybridized carbons (Fsp3) is 0.600. The molecule has 3 N–H and O–H groups in total. The SMILES string of the molecule is CCS(=O)(=O)CCNC(=NCC(=O)NC(C)(C)C)Nc1ccc(OC(C)C)cc1.I. The lowest BCUT2D eigenvalue weighted by molar-refractivity contribution is -0.121. The monoisotopic (exact) mass is 554 g/mol. The van der Waals surface area contributed by atoms with E-state index in [0.717, 1.165) is 11.4 Å². The third kappa shape index (κ3) is 12.9. The molecule has 1 aromatic rings. The van der Waals surface area contributed by atoms with Crippen molar-refractivity contribution in [2.45, 2.75) is 53.2 Å². The van der Waals surface area contributed by atoms with Crippen molar-refractivity contribution in [3.05, 3.63) is 24.3 Å². The Morgan fingerprint density at radius 1 is 1.17 bits per heavy atom. The van der Waals surface area contributed by atoms with Gasteiger partial charge in [-0.3, -0.25) is 4.79 Å². The van der Waals surface area contributed by atoms with Crippen LogP contribution in [0.5, 0.6) is 5.75 Å². The maximum Gasteiger partial charge on any atom is 0.242 e. The summed E-state index contributed by atoms with van der Waals surface area (Å²) >= 11 is 0. The molecule has 0 heterocycles. The van der Waals surface area contributed by atoms with Crippen molar-refractivity contribution in [3.8, 4) is 5.75 Å². The summed E-state index contributed by atoms with van der Waals surface area (Å²) in [5.74, 6) is 0.924. The van der Waals surface area contributed by atoms with Gasteiger partial charge in [-0.05, 0) is 58.9 Å². The van der Waals surface area contributed by atoms with E-state index in [4.69, 9.17) is 4.74 Å². The number of hydrogen-bond acceptors (Lipinski definition) is 5. The summed E-state index contributed by atoms with van der Waals surface area (Å²) in [6.07, 6.45) is 0.0782. The van der Waals surface area contributed by atoms with Crippen molar-refractivity contribution in [2.24, 2.45) is 4.99 Å². The number of hydrogen-bond donors (Lipinski definition) is 3. The van der Waals surface area contributed by atoms with Crippen molar-refractivity contribution >= 4 is 51.4 Å². The number of nitrogens with zero attached hydrogens (tertiary/aromatic N) is 1. The van der Waals surface area contributed by atoms with Gasteiger partial charge in [0.05, 0.1) is 11.9 Å². The molecule has 0 aromatic heterocycles. The van der Waals surface area contributed by atoms with E-state index in [1.807, 2.05) is 58.9 Å². The van der Waals surface area contributed by atoms with Crippen molar-refractivity contribution in [1.82, 2.24) is 10.6 Å². The number of ether oxygens (including phenoxy) is 1. The van der Waals surface area contributed by atoms with Gasteiger partial charge in [0.25, 0.3) is 0 Å². The number of halogens is 1. The van der Waals surface area contributed by atoms with Gasteiger partial charge in [0, 0.05) is 23.5 Å². The third-order valence-electron chi connectivity index (χ3n) is 3.53. The zero-order chi connectivity index (χ0) is 22.1. The number of carbonyl (C=O) groups excluding carboxylic acids is 1. The predicted octanol–water partition coefficient (Wildman–Crippen LogP) is 2.80. The maximum atomic E-state index is 12.1. The third-order valence-corrected chi connectivity index (χ3v) is 5.24. The number of carbonyl (C=O) groups is 1. The summed E-state index contributed by atoms with van der Waals surface area (Å²) in [5.41, 5.74) is 0.386. The summed E-state index contributed by atoms with van der Waals surface area (Å²) in [5, 5.41) is 8.90. The van der Waals surface area contributed by atoms with Crippen LogP contribution in [0, 0.1) is 0 Å². The Labute approximate surface area is 197 Å². The van der Waals surface area contributed by atoms with Crippen LogP contribution in [0.15, 0.2) is 29.3 Å². The first-order valence-corrected chi connectivity index (χ1v) is 11.6. The Morgan fingerprint density at radius 3 is 2.27 bits per heavy atom. The zero-order valence-electron chi connectivity index (χ0n) is 18.6. The standard InChI is InChI=1S/C20H34N4O4S.HI/c1-7-29(26,27)13-12-21-19(22-14-18(25)24-20(4,5)6)23-16-8-10-17(11-9-16)28-15(2)3;/h8-11,15H,7,12-14H2,1-6H3,(H,24,25)(H2,21,22,23);1H. The predicted molar refractivity (Wildman–Crippen MR) is 134 cm³/mol. The number of guanidine groups is 1. The van der Waals surface area contributed by atoms with Crippen LogP contribution in [0.3, 0.4) is 0 Å². The lowest BCUT2D eigenvalue weighted by atomic mass is 10.1. The molecule has 0 atom stereocenters.